The van der Waals surface area contributed by atoms with Crippen LogP contribution in [-0.2, 0) is 9.59 Å². The lowest BCUT2D eigenvalue weighted by Crippen LogP contribution is -2.46. The number of nitrogen functional groups attached to an aromatic ring is 1. The van der Waals surface area contributed by atoms with Crippen LogP contribution in [0.1, 0.15) is 5.56 Å². The summed E-state index contributed by atoms with van der Waals surface area (Å²) in [6.45, 7) is -0.585. The van der Waals surface area contributed by atoms with Crippen molar-refractivity contribution >= 4 is 36.0 Å². The van der Waals surface area contributed by atoms with Gasteiger partial charge in [0.15, 0.2) is 0 Å². The lowest BCUT2D eigenvalue weighted by Gasteiger charge is -2.10. The number of phenolic OH excluding ortho intramolecular Hbond substituents is 1. The maximum absolute atomic E-state index is 11.5. The molecule has 0 saturated heterocycles. The molecule has 110 valence electrons. The van der Waals surface area contributed by atoms with E-state index in [0.29, 0.717) is 11.3 Å². The van der Waals surface area contributed by atoms with Crippen molar-refractivity contribution in [2.75, 3.05) is 12.3 Å². The fourth-order valence-electron chi connectivity index (χ4n) is 1.30. The van der Waals surface area contributed by atoms with Gasteiger partial charge in [0, 0.05) is 17.3 Å². The van der Waals surface area contributed by atoms with Crippen LogP contribution in [0.15, 0.2) is 24.3 Å². The number of nitrogens with one attached hydrogen (secondary N) is 1. The monoisotopic (exact) mass is 301 g/mol. The molecule has 1 unspecified atom stereocenters. The Balaban J connectivity index is 0.00000361. The molecule has 0 heterocycles. The zero-order valence-electron chi connectivity index (χ0n) is 10.4. The summed E-state index contributed by atoms with van der Waals surface area (Å²) >= 11 is 0. The van der Waals surface area contributed by atoms with E-state index in [9.17, 15) is 14.7 Å². The Hall–Kier alpha value is -2.25. The quantitative estimate of drug-likeness (QED) is 0.280. The SMILES string of the molecule is Cl.NC(=O)C(CO)NC(=O)/C=C/c1cc(N)ccc1O. The molecular weight excluding hydrogens is 286 g/mol. The molecule has 0 radical (unpaired) electrons. The summed E-state index contributed by atoms with van der Waals surface area (Å²) < 4.78 is 0. The van der Waals surface area contributed by atoms with Gasteiger partial charge in [-0.1, -0.05) is 0 Å². The fourth-order valence-corrected chi connectivity index (χ4v) is 1.30. The Bertz CT molecular complexity index is 519. The normalized spacial score (nSPS) is 11.7. The average Bonchev–Trinajstić information content (AvgIpc) is 2.36. The van der Waals surface area contributed by atoms with Gasteiger partial charge in [0.25, 0.3) is 0 Å². The molecule has 0 saturated carbocycles. The molecular formula is C12H16ClN3O4. The number of aliphatic hydroxyl groups is 1. The molecule has 7 nitrogen and oxygen atoms in total. The first-order chi connectivity index (χ1) is 8.93. The third kappa shape index (κ3) is 5.17. The van der Waals surface area contributed by atoms with E-state index in [1.807, 2.05) is 0 Å². The van der Waals surface area contributed by atoms with Gasteiger partial charge in [-0.05, 0) is 24.3 Å². The highest BCUT2D eigenvalue weighted by atomic mass is 35.5. The molecule has 7 N–H and O–H groups in total. The Morgan fingerprint density at radius 1 is 1.40 bits per heavy atom. The second kappa shape index (κ2) is 8.03. The third-order valence-electron chi connectivity index (χ3n) is 2.31. The summed E-state index contributed by atoms with van der Waals surface area (Å²) in [6.07, 6.45) is 2.43. The number of hydrogen-bond acceptors (Lipinski definition) is 5. The van der Waals surface area contributed by atoms with Gasteiger partial charge in [-0.15, -0.1) is 12.4 Å². The number of benzene rings is 1. The van der Waals surface area contributed by atoms with Crippen LogP contribution in [0, 0.1) is 0 Å². The summed E-state index contributed by atoms with van der Waals surface area (Å²) in [5.74, 6) is -1.50. The van der Waals surface area contributed by atoms with Crippen molar-refractivity contribution in [1.82, 2.24) is 5.32 Å². The number of primary amides is 1. The summed E-state index contributed by atoms with van der Waals surface area (Å²) in [5, 5.41) is 20.5. The van der Waals surface area contributed by atoms with E-state index in [1.165, 1.54) is 24.3 Å². The molecule has 20 heavy (non-hydrogen) atoms. The molecule has 0 aliphatic rings. The lowest BCUT2D eigenvalue weighted by molar-refractivity contribution is -0.125. The predicted molar refractivity (Wildman–Crippen MR) is 77.0 cm³/mol. The Morgan fingerprint density at radius 2 is 2.05 bits per heavy atom. The Labute approximate surface area is 121 Å². The first kappa shape index (κ1) is 17.8. The number of rotatable bonds is 5. The van der Waals surface area contributed by atoms with Crippen molar-refractivity contribution in [3.63, 3.8) is 0 Å². The largest absolute Gasteiger partial charge is 0.507 e. The topological polar surface area (TPSA) is 139 Å². The van der Waals surface area contributed by atoms with Crippen LogP contribution >= 0.6 is 12.4 Å². The number of anilines is 1. The number of nitrogens with two attached hydrogens (primary N) is 2. The Morgan fingerprint density at radius 3 is 2.60 bits per heavy atom. The standard InChI is InChI=1S/C12H15N3O4.ClH/c13-8-2-3-10(17)7(5-8)1-4-11(18)15-9(6-16)12(14)19;/h1-5,9,16-17H,6,13H2,(H2,14,19)(H,15,18);1H/b4-1+;. The zero-order chi connectivity index (χ0) is 14.4. The number of carbonyl (C=O) groups is 2. The molecule has 0 aliphatic carbocycles. The summed E-state index contributed by atoms with van der Waals surface area (Å²) in [4.78, 5) is 22.3. The van der Waals surface area contributed by atoms with Crippen molar-refractivity contribution in [1.29, 1.82) is 0 Å². The minimum absolute atomic E-state index is 0. The lowest BCUT2D eigenvalue weighted by atomic mass is 10.1. The average molecular weight is 302 g/mol. The van der Waals surface area contributed by atoms with Crippen LogP contribution in [0.25, 0.3) is 6.08 Å². The molecule has 1 aromatic carbocycles. The van der Waals surface area contributed by atoms with E-state index in [4.69, 9.17) is 16.6 Å². The number of halogens is 1. The van der Waals surface area contributed by atoms with E-state index in [2.05, 4.69) is 5.32 Å². The third-order valence-corrected chi connectivity index (χ3v) is 2.31. The van der Waals surface area contributed by atoms with E-state index in [-0.39, 0.29) is 18.2 Å². The maximum atomic E-state index is 11.5. The molecule has 0 fully saturated rings. The van der Waals surface area contributed by atoms with Crippen LogP contribution in [0.5, 0.6) is 5.75 Å². The zero-order valence-corrected chi connectivity index (χ0v) is 11.3. The van der Waals surface area contributed by atoms with Gasteiger partial charge in [-0.25, -0.2) is 0 Å². The first-order valence-electron chi connectivity index (χ1n) is 5.41. The number of amides is 2. The van der Waals surface area contributed by atoms with Crippen molar-refractivity contribution < 1.29 is 19.8 Å². The molecule has 8 heteroatoms. The molecule has 0 aliphatic heterocycles. The molecule has 1 atom stereocenters. The van der Waals surface area contributed by atoms with Gasteiger partial charge in [-0.2, -0.15) is 0 Å². The molecule has 2 amide bonds. The van der Waals surface area contributed by atoms with E-state index in [0.717, 1.165) is 6.08 Å². The van der Waals surface area contributed by atoms with Gasteiger partial charge in [0.2, 0.25) is 11.8 Å². The van der Waals surface area contributed by atoms with Gasteiger partial charge in [-0.3, -0.25) is 9.59 Å². The van der Waals surface area contributed by atoms with Crippen LogP contribution in [-0.4, -0.2) is 34.7 Å². The molecule has 0 spiro atoms. The first-order valence-corrected chi connectivity index (χ1v) is 5.41. The fraction of sp³-hybridized carbons (Fsp3) is 0.167. The number of aromatic hydroxyl groups is 1. The summed E-state index contributed by atoms with van der Waals surface area (Å²) in [7, 11) is 0. The second-order valence-corrected chi connectivity index (χ2v) is 3.80. The smallest absolute Gasteiger partial charge is 0.244 e. The molecule has 0 aromatic heterocycles. The minimum atomic E-state index is -1.15. The van der Waals surface area contributed by atoms with Crippen LogP contribution in [0.3, 0.4) is 0 Å². The van der Waals surface area contributed by atoms with Gasteiger partial charge in [0.1, 0.15) is 11.8 Å². The highest BCUT2D eigenvalue weighted by Gasteiger charge is 2.15. The highest BCUT2D eigenvalue weighted by Crippen LogP contribution is 2.20. The summed E-state index contributed by atoms with van der Waals surface area (Å²) in [5.41, 5.74) is 11.3. The van der Waals surface area contributed by atoms with Crippen molar-refractivity contribution in [2.45, 2.75) is 6.04 Å². The molecule has 1 rings (SSSR count). The Kier molecular flexibility index (Phi) is 7.12. The van der Waals surface area contributed by atoms with Crippen LogP contribution < -0.4 is 16.8 Å². The van der Waals surface area contributed by atoms with Crippen LogP contribution in [0.4, 0.5) is 5.69 Å². The van der Waals surface area contributed by atoms with Gasteiger partial charge < -0.3 is 27.0 Å². The van der Waals surface area contributed by atoms with Gasteiger partial charge in [0.05, 0.1) is 6.61 Å². The van der Waals surface area contributed by atoms with Crippen molar-refractivity contribution in [2.24, 2.45) is 5.73 Å². The van der Waals surface area contributed by atoms with E-state index >= 15 is 0 Å². The number of aliphatic hydroxyl groups excluding tert-OH is 1. The maximum Gasteiger partial charge on any atom is 0.244 e. The van der Waals surface area contributed by atoms with Crippen molar-refractivity contribution in [3.8, 4) is 5.75 Å². The van der Waals surface area contributed by atoms with Gasteiger partial charge >= 0.3 is 0 Å². The van der Waals surface area contributed by atoms with Crippen molar-refractivity contribution in [3.05, 3.63) is 29.8 Å². The number of carbonyl (C=O) groups excluding carboxylic acids is 2. The predicted octanol–water partition coefficient (Wildman–Crippen LogP) is -0.628. The second-order valence-electron chi connectivity index (χ2n) is 3.80. The number of hydrogen-bond donors (Lipinski definition) is 5. The minimum Gasteiger partial charge on any atom is -0.507 e. The van der Waals surface area contributed by atoms with E-state index in [1.54, 1.807) is 0 Å². The van der Waals surface area contributed by atoms with E-state index < -0.39 is 24.5 Å². The number of phenols is 1. The summed E-state index contributed by atoms with van der Waals surface area (Å²) in [6, 6.07) is 3.25. The molecule has 0 bridgehead atoms. The van der Waals surface area contributed by atoms with Crippen LogP contribution in [0.2, 0.25) is 0 Å². The molecule has 1 aromatic rings. The highest BCUT2D eigenvalue weighted by molar-refractivity contribution is 5.95.